The Morgan fingerprint density at radius 1 is 1.24 bits per heavy atom. The maximum atomic E-state index is 12.2. The van der Waals surface area contributed by atoms with Gasteiger partial charge in [0.2, 0.25) is 0 Å². The maximum absolute atomic E-state index is 12.2. The molecule has 1 aromatic heterocycles. The van der Waals surface area contributed by atoms with Crippen molar-refractivity contribution in [2.75, 3.05) is 33.4 Å². The van der Waals surface area contributed by atoms with Crippen molar-refractivity contribution in [1.29, 1.82) is 0 Å². The molecule has 2 aromatic rings. The molecule has 8 nitrogen and oxygen atoms in total. The fraction of sp³-hybridized carbons (Fsp3) is 0.353. The molecular formula is C17H20N4O4. The molecule has 0 bridgehead atoms. The average Bonchev–Trinajstić information content (AvgIpc) is 2.64. The minimum atomic E-state index is -0.337. The van der Waals surface area contributed by atoms with Crippen LogP contribution in [0.4, 0.5) is 0 Å². The van der Waals surface area contributed by atoms with E-state index in [-0.39, 0.29) is 18.0 Å². The number of rotatable bonds is 5. The first-order chi connectivity index (χ1) is 12.2. The van der Waals surface area contributed by atoms with E-state index in [0.717, 1.165) is 10.2 Å². The largest absolute Gasteiger partial charge is 0.496 e. The number of hydrogen-bond acceptors (Lipinski definition) is 6. The molecule has 2 heterocycles. The summed E-state index contributed by atoms with van der Waals surface area (Å²) in [5.41, 5.74) is 3.75. The first-order valence-corrected chi connectivity index (χ1v) is 8.01. The van der Waals surface area contributed by atoms with E-state index in [1.807, 2.05) is 24.3 Å². The third-order valence-corrected chi connectivity index (χ3v) is 3.84. The van der Waals surface area contributed by atoms with Crippen LogP contribution in [0.25, 0.3) is 11.3 Å². The Balaban J connectivity index is 1.77. The molecule has 3 rings (SSSR count). The van der Waals surface area contributed by atoms with Crippen LogP contribution in [0.1, 0.15) is 0 Å². The monoisotopic (exact) mass is 344 g/mol. The van der Waals surface area contributed by atoms with Crippen LogP contribution in [0.15, 0.2) is 41.2 Å². The summed E-state index contributed by atoms with van der Waals surface area (Å²) in [6, 6.07) is 10.4. The first-order valence-electron chi connectivity index (χ1n) is 8.01. The van der Waals surface area contributed by atoms with Crippen molar-refractivity contribution in [3.63, 3.8) is 0 Å². The maximum Gasteiger partial charge on any atom is 0.267 e. The van der Waals surface area contributed by atoms with Crippen molar-refractivity contribution < 1.29 is 14.3 Å². The molecule has 0 aliphatic carbocycles. The molecule has 1 N–H and O–H groups in total. The number of para-hydroxylation sites is 1. The second kappa shape index (κ2) is 7.91. The van der Waals surface area contributed by atoms with E-state index in [1.165, 1.54) is 6.07 Å². The van der Waals surface area contributed by atoms with E-state index in [0.29, 0.717) is 37.7 Å². The van der Waals surface area contributed by atoms with Crippen LogP contribution >= 0.6 is 0 Å². The fourth-order valence-corrected chi connectivity index (χ4v) is 2.58. The molecule has 25 heavy (non-hydrogen) atoms. The van der Waals surface area contributed by atoms with E-state index >= 15 is 0 Å². The topological polar surface area (TPSA) is 85.7 Å². The molecule has 0 spiro atoms. The van der Waals surface area contributed by atoms with E-state index < -0.39 is 0 Å². The van der Waals surface area contributed by atoms with Gasteiger partial charge in [0.05, 0.1) is 26.0 Å². The molecule has 1 aliphatic heterocycles. The highest BCUT2D eigenvalue weighted by molar-refractivity contribution is 5.75. The third-order valence-electron chi connectivity index (χ3n) is 3.84. The van der Waals surface area contributed by atoms with Gasteiger partial charge in [-0.2, -0.15) is 5.10 Å². The number of benzene rings is 1. The van der Waals surface area contributed by atoms with Gasteiger partial charge in [-0.05, 0) is 18.2 Å². The van der Waals surface area contributed by atoms with Gasteiger partial charge in [-0.1, -0.05) is 12.1 Å². The van der Waals surface area contributed by atoms with Crippen molar-refractivity contribution >= 4 is 5.91 Å². The standard InChI is InChI=1S/C17H20N4O4/c1-24-15-5-3-2-4-13(15)14-6-7-17(23)21(18-14)12-16(22)19-20-8-10-25-11-9-20/h2-7H,8-12H2,1H3,(H,19,22). The van der Waals surface area contributed by atoms with Gasteiger partial charge in [0, 0.05) is 24.7 Å². The average molecular weight is 344 g/mol. The Morgan fingerprint density at radius 3 is 2.76 bits per heavy atom. The lowest BCUT2D eigenvalue weighted by Crippen LogP contribution is -2.49. The molecule has 0 unspecified atom stereocenters. The molecule has 1 amide bonds. The van der Waals surface area contributed by atoms with Crippen LogP contribution in [-0.4, -0.2) is 54.1 Å². The summed E-state index contributed by atoms with van der Waals surface area (Å²) in [6.07, 6.45) is 0. The molecular weight excluding hydrogens is 324 g/mol. The zero-order valence-electron chi connectivity index (χ0n) is 14.0. The number of nitrogens with zero attached hydrogens (tertiary/aromatic N) is 3. The molecule has 0 radical (unpaired) electrons. The van der Waals surface area contributed by atoms with Gasteiger partial charge in [-0.25, -0.2) is 9.69 Å². The predicted molar refractivity (Wildman–Crippen MR) is 91.0 cm³/mol. The molecule has 8 heteroatoms. The molecule has 1 aliphatic rings. The highest BCUT2D eigenvalue weighted by Crippen LogP contribution is 2.26. The Bertz CT molecular complexity index is 799. The Hall–Kier alpha value is -2.71. The van der Waals surface area contributed by atoms with Crippen LogP contribution in [-0.2, 0) is 16.1 Å². The number of ether oxygens (including phenoxy) is 2. The van der Waals surface area contributed by atoms with Gasteiger partial charge in [0.1, 0.15) is 12.3 Å². The van der Waals surface area contributed by atoms with E-state index in [4.69, 9.17) is 9.47 Å². The normalized spacial score (nSPS) is 14.9. The smallest absolute Gasteiger partial charge is 0.267 e. The number of amides is 1. The van der Waals surface area contributed by atoms with E-state index in [9.17, 15) is 9.59 Å². The third kappa shape index (κ3) is 4.23. The lowest BCUT2D eigenvalue weighted by Gasteiger charge is -2.26. The molecule has 1 aromatic carbocycles. The number of hydrazine groups is 1. The Kier molecular flexibility index (Phi) is 5.42. The second-order valence-corrected chi connectivity index (χ2v) is 5.55. The van der Waals surface area contributed by atoms with Gasteiger partial charge in [0.15, 0.2) is 0 Å². The summed E-state index contributed by atoms with van der Waals surface area (Å²) in [7, 11) is 1.57. The predicted octanol–water partition coefficient (Wildman–Crippen LogP) is 0.282. The Labute approximate surface area is 144 Å². The Morgan fingerprint density at radius 2 is 2.00 bits per heavy atom. The van der Waals surface area contributed by atoms with E-state index in [1.54, 1.807) is 18.2 Å². The number of nitrogens with one attached hydrogen (secondary N) is 1. The molecule has 1 saturated heterocycles. The van der Waals surface area contributed by atoms with Crippen LogP contribution in [0.5, 0.6) is 5.75 Å². The zero-order chi connectivity index (χ0) is 17.6. The van der Waals surface area contributed by atoms with Gasteiger partial charge >= 0.3 is 0 Å². The number of carbonyl (C=O) groups is 1. The lowest BCUT2D eigenvalue weighted by molar-refractivity contribution is -0.128. The fourth-order valence-electron chi connectivity index (χ4n) is 2.58. The van der Waals surface area contributed by atoms with Crippen molar-refractivity contribution in [2.24, 2.45) is 0 Å². The van der Waals surface area contributed by atoms with Gasteiger partial charge in [0.25, 0.3) is 11.5 Å². The lowest BCUT2D eigenvalue weighted by atomic mass is 10.1. The van der Waals surface area contributed by atoms with Crippen molar-refractivity contribution in [1.82, 2.24) is 20.2 Å². The SMILES string of the molecule is COc1ccccc1-c1ccc(=O)n(CC(=O)NN2CCOCC2)n1. The molecule has 0 saturated carbocycles. The minimum absolute atomic E-state index is 0.154. The highest BCUT2D eigenvalue weighted by Gasteiger charge is 2.15. The zero-order valence-corrected chi connectivity index (χ0v) is 14.0. The van der Waals surface area contributed by atoms with Crippen molar-refractivity contribution in [3.05, 3.63) is 46.8 Å². The second-order valence-electron chi connectivity index (χ2n) is 5.55. The quantitative estimate of drug-likeness (QED) is 0.839. The summed E-state index contributed by atoms with van der Waals surface area (Å²) in [5, 5.41) is 6.08. The number of aromatic nitrogens is 2. The van der Waals surface area contributed by atoms with Crippen molar-refractivity contribution in [3.8, 4) is 17.0 Å². The van der Waals surface area contributed by atoms with Crippen molar-refractivity contribution in [2.45, 2.75) is 6.54 Å². The highest BCUT2D eigenvalue weighted by atomic mass is 16.5. The number of morpholine rings is 1. The van der Waals surface area contributed by atoms with Gasteiger partial charge < -0.3 is 9.47 Å². The number of carbonyl (C=O) groups excluding carboxylic acids is 1. The number of hydrogen-bond donors (Lipinski definition) is 1. The molecule has 132 valence electrons. The van der Waals surface area contributed by atoms with Crippen LogP contribution < -0.4 is 15.7 Å². The van der Waals surface area contributed by atoms with Gasteiger partial charge in [-0.15, -0.1) is 0 Å². The first kappa shape index (κ1) is 17.1. The summed E-state index contributed by atoms with van der Waals surface area (Å²) >= 11 is 0. The van der Waals surface area contributed by atoms with Crippen LogP contribution in [0.3, 0.4) is 0 Å². The van der Waals surface area contributed by atoms with Gasteiger partial charge in [-0.3, -0.25) is 15.0 Å². The summed E-state index contributed by atoms with van der Waals surface area (Å²) in [5.74, 6) is 0.353. The summed E-state index contributed by atoms with van der Waals surface area (Å²) in [6.45, 7) is 2.23. The molecule has 0 atom stereocenters. The minimum Gasteiger partial charge on any atom is -0.496 e. The molecule has 1 fully saturated rings. The van der Waals surface area contributed by atoms with Crippen LogP contribution in [0.2, 0.25) is 0 Å². The van der Waals surface area contributed by atoms with E-state index in [2.05, 4.69) is 10.5 Å². The van der Waals surface area contributed by atoms with Crippen LogP contribution in [0, 0.1) is 0 Å². The number of methoxy groups -OCH3 is 1. The summed E-state index contributed by atoms with van der Waals surface area (Å²) < 4.78 is 11.7. The summed E-state index contributed by atoms with van der Waals surface area (Å²) in [4.78, 5) is 24.2.